The molecule has 1 rings (SSSR count). The van der Waals surface area contributed by atoms with Gasteiger partial charge >= 0.3 is 0 Å². The first-order valence-corrected chi connectivity index (χ1v) is 5.60. The van der Waals surface area contributed by atoms with Crippen LogP contribution in [0.2, 0.25) is 5.02 Å². The molecule has 0 saturated heterocycles. The Bertz CT molecular complexity index is 451. The van der Waals surface area contributed by atoms with Gasteiger partial charge in [0.2, 0.25) is 5.91 Å². The van der Waals surface area contributed by atoms with Gasteiger partial charge in [0.05, 0.1) is 17.7 Å². The predicted octanol–water partition coefficient (Wildman–Crippen LogP) is 0.962. The molecule has 0 aromatic heterocycles. The van der Waals surface area contributed by atoms with Crippen molar-refractivity contribution in [2.24, 2.45) is 0 Å². The zero-order valence-electron chi connectivity index (χ0n) is 9.44. The molecule has 4 nitrogen and oxygen atoms in total. The second-order valence-electron chi connectivity index (χ2n) is 3.59. The molecule has 0 heterocycles. The fraction of sp³-hybridized carbons (Fsp3) is 0.250. The molecule has 0 aliphatic rings. The molecule has 1 amide bonds. The molecular weight excluding hydrogens is 261 g/mol. The summed E-state index contributed by atoms with van der Waals surface area (Å²) in [7, 11) is 0. The third kappa shape index (κ3) is 4.83. The highest BCUT2D eigenvalue weighted by Gasteiger charge is 2.03. The predicted molar refractivity (Wildman–Crippen MR) is 66.5 cm³/mol. The molecule has 0 aliphatic carbocycles. The van der Waals surface area contributed by atoms with Gasteiger partial charge in [-0.2, -0.15) is 0 Å². The van der Waals surface area contributed by atoms with Crippen molar-refractivity contribution >= 4 is 23.6 Å². The Kier molecular flexibility index (Phi) is 5.77. The molecule has 3 N–H and O–H groups in total. The summed E-state index contributed by atoms with van der Waals surface area (Å²) in [5.74, 6) is -0.952. The van der Waals surface area contributed by atoms with E-state index >= 15 is 0 Å². The van der Waals surface area contributed by atoms with Gasteiger partial charge in [-0.05, 0) is 23.8 Å². The SMILES string of the molecule is O=C(C=Cc1ccc(F)c(Cl)c1)NCC(O)CO. The summed E-state index contributed by atoms with van der Waals surface area (Å²) in [6.45, 7) is -0.457. The number of benzene rings is 1. The van der Waals surface area contributed by atoms with Crippen LogP contribution in [0.25, 0.3) is 6.08 Å². The first-order valence-electron chi connectivity index (χ1n) is 5.23. The summed E-state index contributed by atoms with van der Waals surface area (Å²) >= 11 is 5.58. The Morgan fingerprint density at radius 3 is 2.89 bits per heavy atom. The van der Waals surface area contributed by atoms with Crippen molar-refractivity contribution < 1.29 is 19.4 Å². The van der Waals surface area contributed by atoms with Crippen molar-refractivity contribution in [2.45, 2.75) is 6.10 Å². The Balaban J connectivity index is 2.53. The molecular formula is C12H13ClFNO3. The van der Waals surface area contributed by atoms with Gasteiger partial charge in [0.1, 0.15) is 5.82 Å². The van der Waals surface area contributed by atoms with Crippen LogP contribution < -0.4 is 5.32 Å². The van der Waals surface area contributed by atoms with Crippen LogP contribution >= 0.6 is 11.6 Å². The van der Waals surface area contributed by atoms with Gasteiger partial charge in [-0.25, -0.2) is 4.39 Å². The van der Waals surface area contributed by atoms with Crippen LogP contribution in [0.5, 0.6) is 0 Å². The minimum atomic E-state index is -0.984. The monoisotopic (exact) mass is 273 g/mol. The summed E-state index contributed by atoms with van der Waals surface area (Å²) in [6, 6.07) is 4.08. The lowest BCUT2D eigenvalue weighted by molar-refractivity contribution is -0.117. The van der Waals surface area contributed by atoms with E-state index in [0.717, 1.165) is 0 Å². The van der Waals surface area contributed by atoms with E-state index in [9.17, 15) is 9.18 Å². The molecule has 0 aliphatic heterocycles. The number of aliphatic hydroxyl groups excluding tert-OH is 2. The third-order valence-corrected chi connectivity index (χ3v) is 2.38. The number of carbonyl (C=O) groups excluding carboxylic acids is 1. The van der Waals surface area contributed by atoms with Gasteiger partial charge in [-0.3, -0.25) is 4.79 Å². The minimum Gasteiger partial charge on any atom is -0.394 e. The molecule has 18 heavy (non-hydrogen) atoms. The third-order valence-electron chi connectivity index (χ3n) is 2.09. The maximum Gasteiger partial charge on any atom is 0.244 e. The zero-order valence-corrected chi connectivity index (χ0v) is 10.2. The fourth-order valence-corrected chi connectivity index (χ4v) is 1.32. The van der Waals surface area contributed by atoms with E-state index in [1.807, 2.05) is 0 Å². The molecule has 1 aromatic rings. The molecule has 0 radical (unpaired) electrons. The molecule has 6 heteroatoms. The molecule has 1 unspecified atom stereocenters. The number of halogens is 2. The minimum absolute atomic E-state index is 0.0201. The number of hydrogen-bond acceptors (Lipinski definition) is 3. The highest BCUT2D eigenvalue weighted by atomic mass is 35.5. The van der Waals surface area contributed by atoms with E-state index in [1.165, 1.54) is 30.4 Å². The van der Waals surface area contributed by atoms with Gasteiger partial charge < -0.3 is 15.5 Å². The molecule has 1 atom stereocenters. The summed E-state index contributed by atoms with van der Waals surface area (Å²) < 4.78 is 12.9. The zero-order chi connectivity index (χ0) is 13.5. The van der Waals surface area contributed by atoms with Crippen molar-refractivity contribution in [2.75, 3.05) is 13.2 Å². The number of aliphatic hydroxyl groups is 2. The van der Waals surface area contributed by atoms with Gasteiger partial charge in [0.15, 0.2) is 0 Å². The summed E-state index contributed by atoms with van der Waals surface area (Å²) in [6.07, 6.45) is 1.71. The molecule has 0 saturated carbocycles. The van der Waals surface area contributed by atoms with E-state index in [4.69, 9.17) is 21.8 Å². The molecule has 0 bridgehead atoms. The Hall–Kier alpha value is -1.43. The van der Waals surface area contributed by atoms with Crippen molar-refractivity contribution in [1.82, 2.24) is 5.32 Å². The van der Waals surface area contributed by atoms with E-state index in [0.29, 0.717) is 5.56 Å². The van der Waals surface area contributed by atoms with Crippen LogP contribution in [0.4, 0.5) is 4.39 Å². The fourth-order valence-electron chi connectivity index (χ4n) is 1.13. The standard InChI is InChI=1S/C12H13ClFNO3/c13-10-5-8(1-3-11(10)14)2-4-12(18)15-6-9(17)7-16/h1-5,9,16-17H,6-7H2,(H,15,18). The highest BCUT2D eigenvalue weighted by Crippen LogP contribution is 2.16. The van der Waals surface area contributed by atoms with E-state index < -0.39 is 24.4 Å². The van der Waals surface area contributed by atoms with Crippen molar-refractivity contribution in [3.05, 3.63) is 40.7 Å². The van der Waals surface area contributed by atoms with Crippen molar-refractivity contribution in [1.29, 1.82) is 0 Å². The van der Waals surface area contributed by atoms with E-state index in [-0.39, 0.29) is 11.6 Å². The first-order chi connectivity index (χ1) is 8.52. The molecule has 1 aromatic carbocycles. The topological polar surface area (TPSA) is 69.6 Å². The lowest BCUT2D eigenvalue weighted by atomic mass is 10.2. The van der Waals surface area contributed by atoms with Gasteiger partial charge in [0, 0.05) is 12.6 Å². The maximum absolute atomic E-state index is 12.9. The lowest BCUT2D eigenvalue weighted by Gasteiger charge is -2.06. The first kappa shape index (κ1) is 14.6. The second kappa shape index (κ2) is 7.10. The van der Waals surface area contributed by atoms with Crippen LogP contribution in [-0.4, -0.2) is 35.4 Å². The lowest BCUT2D eigenvalue weighted by Crippen LogP contribution is -2.32. The van der Waals surface area contributed by atoms with Gasteiger partial charge in [-0.15, -0.1) is 0 Å². The second-order valence-corrected chi connectivity index (χ2v) is 4.00. The average molecular weight is 274 g/mol. The van der Waals surface area contributed by atoms with Crippen LogP contribution in [-0.2, 0) is 4.79 Å². The highest BCUT2D eigenvalue weighted by molar-refractivity contribution is 6.30. The largest absolute Gasteiger partial charge is 0.394 e. The smallest absolute Gasteiger partial charge is 0.244 e. The van der Waals surface area contributed by atoms with Crippen molar-refractivity contribution in [3.63, 3.8) is 0 Å². The van der Waals surface area contributed by atoms with Crippen LogP contribution in [0.15, 0.2) is 24.3 Å². The summed E-state index contributed by atoms with van der Waals surface area (Å²) in [5.41, 5.74) is 0.583. The Morgan fingerprint density at radius 2 is 2.28 bits per heavy atom. The number of hydrogen-bond donors (Lipinski definition) is 3. The Labute approximate surface area is 109 Å². The quantitative estimate of drug-likeness (QED) is 0.700. The van der Waals surface area contributed by atoms with Gasteiger partial charge in [0.25, 0.3) is 0 Å². The van der Waals surface area contributed by atoms with E-state index in [1.54, 1.807) is 0 Å². The van der Waals surface area contributed by atoms with Crippen molar-refractivity contribution in [3.8, 4) is 0 Å². The normalized spacial score (nSPS) is 12.7. The number of amides is 1. The van der Waals surface area contributed by atoms with Crippen LogP contribution in [0, 0.1) is 5.82 Å². The van der Waals surface area contributed by atoms with Crippen LogP contribution in [0.1, 0.15) is 5.56 Å². The number of carbonyl (C=O) groups is 1. The van der Waals surface area contributed by atoms with E-state index in [2.05, 4.69) is 5.32 Å². The summed E-state index contributed by atoms with van der Waals surface area (Å²) in [5, 5.41) is 19.9. The molecule has 0 fully saturated rings. The van der Waals surface area contributed by atoms with Crippen LogP contribution in [0.3, 0.4) is 0 Å². The molecule has 98 valence electrons. The van der Waals surface area contributed by atoms with Gasteiger partial charge in [-0.1, -0.05) is 17.7 Å². The number of nitrogens with one attached hydrogen (secondary N) is 1. The average Bonchev–Trinajstić information content (AvgIpc) is 2.37. The summed E-state index contributed by atoms with van der Waals surface area (Å²) in [4.78, 5) is 11.3. The number of rotatable bonds is 5. The molecule has 0 spiro atoms. The Morgan fingerprint density at radius 1 is 1.56 bits per heavy atom. The maximum atomic E-state index is 12.9.